The summed E-state index contributed by atoms with van der Waals surface area (Å²) in [6.45, 7) is 5.78. The van der Waals surface area contributed by atoms with Crippen molar-refractivity contribution in [2.75, 3.05) is 11.9 Å². The average molecular weight is 312 g/mol. The minimum Gasteiger partial charge on any atom is -0.214 e. The van der Waals surface area contributed by atoms with Crippen LogP contribution in [0.15, 0.2) is 0 Å². The molecule has 0 heterocycles. The fraction of sp³-hybridized carbons (Fsp3) is 1.00. The highest BCUT2D eigenvalue weighted by molar-refractivity contribution is 9.09. The third-order valence-corrected chi connectivity index (χ3v) is 6.35. The molecule has 0 bridgehead atoms. The van der Waals surface area contributed by atoms with Crippen molar-refractivity contribution in [3.63, 3.8) is 0 Å². The van der Waals surface area contributed by atoms with Crippen molar-refractivity contribution in [3.8, 4) is 0 Å². The van der Waals surface area contributed by atoms with Gasteiger partial charge in [0.1, 0.15) is 0 Å². The number of halogens is 1. The van der Waals surface area contributed by atoms with Crippen LogP contribution in [-0.4, -0.2) is 25.0 Å². The van der Waals surface area contributed by atoms with Gasteiger partial charge in [-0.3, -0.25) is 0 Å². The van der Waals surface area contributed by atoms with Gasteiger partial charge >= 0.3 is 0 Å². The van der Waals surface area contributed by atoms with Crippen molar-refractivity contribution in [1.82, 2.24) is 4.72 Å². The molecule has 1 fully saturated rings. The highest BCUT2D eigenvalue weighted by Crippen LogP contribution is 2.32. The summed E-state index contributed by atoms with van der Waals surface area (Å²) in [6.07, 6.45) is 3.58. The van der Waals surface area contributed by atoms with Crippen LogP contribution >= 0.6 is 15.9 Å². The van der Waals surface area contributed by atoms with Crippen molar-refractivity contribution >= 4 is 26.0 Å². The first-order valence-electron chi connectivity index (χ1n) is 5.83. The molecule has 1 aliphatic rings. The van der Waals surface area contributed by atoms with E-state index in [1.807, 2.05) is 0 Å². The zero-order chi connectivity index (χ0) is 12.4. The fourth-order valence-electron chi connectivity index (χ4n) is 2.02. The molecular formula is C11H22BrNO2S. The molecule has 96 valence electrons. The zero-order valence-electron chi connectivity index (χ0n) is 10.3. The molecule has 1 saturated carbocycles. The van der Waals surface area contributed by atoms with Gasteiger partial charge in [-0.25, -0.2) is 13.1 Å². The highest BCUT2D eigenvalue weighted by atomic mass is 79.9. The van der Waals surface area contributed by atoms with Gasteiger partial charge in [0.25, 0.3) is 0 Å². The van der Waals surface area contributed by atoms with Crippen LogP contribution in [0.3, 0.4) is 0 Å². The van der Waals surface area contributed by atoms with Crippen molar-refractivity contribution in [2.45, 2.75) is 44.8 Å². The Bertz CT molecular complexity index is 321. The molecule has 0 aromatic heterocycles. The first kappa shape index (κ1) is 14.5. The first-order valence-corrected chi connectivity index (χ1v) is 8.43. The van der Waals surface area contributed by atoms with E-state index in [0.29, 0.717) is 18.4 Å². The molecular weight excluding hydrogens is 290 g/mol. The molecule has 0 aromatic carbocycles. The molecule has 3 nitrogen and oxygen atoms in total. The van der Waals surface area contributed by atoms with E-state index in [1.165, 1.54) is 12.8 Å². The van der Waals surface area contributed by atoms with Gasteiger partial charge in [-0.15, -0.1) is 0 Å². The molecule has 16 heavy (non-hydrogen) atoms. The molecule has 1 aliphatic carbocycles. The normalized spacial score (nSPS) is 27.2. The van der Waals surface area contributed by atoms with Crippen LogP contribution < -0.4 is 4.72 Å². The standard InChI is InChI=1S/C11H22BrNO2S/c1-11(2,3)16(14,15)13-8-10-6-4-5-9(10)7-12/h9-10,13H,4-8H2,1-3H3. The number of sulfonamides is 1. The molecule has 5 heteroatoms. The van der Waals surface area contributed by atoms with Gasteiger partial charge in [0.05, 0.1) is 4.75 Å². The summed E-state index contributed by atoms with van der Waals surface area (Å²) in [6, 6.07) is 0. The lowest BCUT2D eigenvalue weighted by Crippen LogP contribution is -2.42. The number of hydrogen-bond donors (Lipinski definition) is 1. The quantitative estimate of drug-likeness (QED) is 0.811. The predicted molar refractivity (Wildman–Crippen MR) is 71.3 cm³/mol. The van der Waals surface area contributed by atoms with E-state index in [9.17, 15) is 8.42 Å². The van der Waals surface area contributed by atoms with Gasteiger partial charge in [-0.1, -0.05) is 22.4 Å². The highest BCUT2D eigenvalue weighted by Gasteiger charge is 2.32. The van der Waals surface area contributed by atoms with Gasteiger partial charge in [0, 0.05) is 11.9 Å². The van der Waals surface area contributed by atoms with Gasteiger partial charge in [-0.2, -0.15) is 0 Å². The van der Waals surface area contributed by atoms with Gasteiger partial charge in [-0.05, 0) is 45.4 Å². The van der Waals surface area contributed by atoms with Crippen molar-refractivity contribution in [2.24, 2.45) is 11.8 Å². The fourth-order valence-corrected chi connectivity index (χ4v) is 3.74. The summed E-state index contributed by atoms with van der Waals surface area (Å²) in [5.74, 6) is 1.12. The number of rotatable bonds is 4. The summed E-state index contributed by atoms with van der Waals surface area (Å²) >= 11 is 3.50. The van der Waals surface area contributed by atoms with Crippen molar-refractivity contribution in [3.05, 3.63) is 0 Å². The molecule has 0 spiro atoms. The van der Waals surface area contributed by atoms with E-state index in [-0.39, 0.29) is 0 Å². The maximum absolute atomic E-state index is 11.9. The van der Waals surface area contributed by atoms with Gasteiger partial charge in [0.15, 0.2) is 0 Å². The molecule has 0 amide bonds. The van der Waals surface area contributed by atoms with E-state index in [4.69, 9.17) is 0 Å². The molecule has 0 radical (unpaired) electrons. The van der Waals surface area contributed by atoms with Crippen LogP contribution in [0.4, 0.5) is 0 Å². The first-order chi connectivity index (χ1) is 7.28. The second-order valence-corrected chi connectivity index (χ2v) is 8.74. The van der Waals surface area contributed by atoms with Crippen LogP contribution in [0.25, 0.3) is 0 Å². The smallest absolute Gasteiger partial charge is 0.214 e. The van der Waals surface area contributed by atoms with Crippen LogP contribution in [-0.2, 0) is 10.0 Å². The largest absolute Gasteiger partial charge is 0.216 e. The second kappa shape index (κ2) is 5.36. The molecule has 0 aromatic rings. The Morgan fingerprint density at radius 3 is 2.31 bits per heavy atom. The lowest BCUT2D eigenvalue weighted by molar-refractivity contribution is 0.419. The predicted octanol–water partition coefficient (Wildman–Crippen LogP) is 2.52. The Morgan fingerprint density at radius 2 is 1.81 bits per heavy atom. The molecule has 2 unspecified atom stereocenters. The summed E-state index contributed by atoms with van der Waals surface area (Å²) in [4.78, 5) is 0. The monoisotopic (exact) mass is 311 g/mol. The van der Waals surface area contributed by atoms with Gasteiger partial charge < -0.3 is 0 Å². The Hall–Kier alpha value is 0.390. The number of hydrogen-bond acceptors (Lipinski definition) is 2. The van der Waals surface area contributed by atoms with Crippen molar-refractivity contribution in [1.29, 1.82) is 0 Å². The van der Waals surface area contributed by atoms with E-state index in [2.05, 4.69) is 20.7 Å². The molecule has 0 aliphatic heterocycles. The number of alkyl halides is 1. The number of nitrogens with one attached hydrogen (secondary N) is 1. The zero-order valence-corrected chi connectivity index (χ0v) is 12.7. The third-order valence-electron chi connectivity index (χ3n) is 3.36. The molecule has 1 N–H and O–H groups in total. The summed E-state index contributed by atoms with van der Waals surface area (Å²) in [7, 11) is -3.18. The average Bonchev–Trinajstić information content (AvgIpc) is 2.60. The Morgan fingerprint density at radius 1 is 1.25 bits per heavy atom. The Balaban J connectivity index is 2.52. The maximum atomic E-state index is 11.9. The third kappa shape index (κ3) is 3.44. The SMILES string of the molecule is CC(C)(C)S(=O)(=O)NCC1CCCC1CBr. The minimum absolute atomic E-state index is 0.497. The van der Waals surface area contributed by atoms with E-state index in [1.54, 1.807) is 20.8 Å². The lowest BCUT2D eigenvalue weighted by Gasteiger charge is -2.23. The van der Waals surface area contributed by atoms with Crippen LogP contribution in [0, 0.1) is 11.8 Å². The Kier molecular flexibility index (Phi) is 4.84. The van der Waals surface area contributed by atoms with E-state index in [0.717, 1.165) is 11.8 Å². The van der Waals surface area contributed by atoms with Gasteiger partial charge in [0.2, 0.25) is 10.0 Å². The Labute approximate surface area is 108 Å². The summed E-state index contributed by atoms with van der Waals surface area (Å²) in [5, 5.41) is 0.981. The summed E-state index contributed by atoms with van der Waals surface area (Å²) in [5.41, 5.74) is 0. The minimum atomic E-state index is -3.18. The molecule has 2 atom stereocenters. The molecule has 0 saturated heterocycles. The second-order valence-electron chi connectivity index (χ2n) is 5.57. The van der Waals surface area contributed by atoms with Crippen molar-refractivity contribution < 1.29 is 8.42 Å². The lowest BCUT2D eigenvalue weighted by atomic mass is 9.99. The van der Waals surface area contributed by atoms with Crippen LogP contribution in [0.1, 0.15) is 40.0 Å². The van der Waals surface area contributed by atoms with E-state index < -0.39 is 14.8 Å². The van der Waals surface area contributed by atoms with Crippen LogP contribution in [0.2, 0.25) is 0 Å². The van der Waals surface area contributed by atoms with Crippen LogP contribution in [0.5, 0.6) is 0 Å². The topological polar surface area (TPSA) is 46.2 Å². The summed E-state index contributed by atoms with van der Waals surface area (Å²) < 4.78 is 25.8. The van der Waals surface area contributed by atoms with E-state index >= 15 is 0 Å². The molecule has 1 rings (SSSR count). The maximum Gasteiger partial charge on any atom is 0.216 e.